The topological polar surface area (TPSA) is 94.3 Å². The molecular formula is C19H17N3O4. The van der Waals surface area contributed by atoms with Crippen LogP contribution >= 0.6 is 0 Å². The van der Waals surface area contributed by atoms with Crippen LogP contribution in [0, 0.1) is 6.92 Å². The van der Waals surface area contributed by atoms with Crippen LogP contribution in [0.2, 0.25) is 0 Å². The van der Waals surface area contributed by atoms with E-state index in [1.807, 2.05) is 30.3 Å². The molecule has 0 spiro atoms. The maximum Gasteiger partial charge on any atom is 0.340 e. The first-order valence-electron chi connectivity index (χ1n) is 8.01. The molecule has 3 aromatic rings. The Morgan fingerprint density at radius 1 is 1.08 bits per heavy atom. The zero-order chi connectivity index (χ0) is 18.4. The third kappa shape index (κ3) is 4.54. The van der Waals surface area contributed by atoms with Crippen LogP contribution < -0.4 is 5.32 Å². The molecular weight excluding hydrogens is 334 g/mol. The van der Waals surface area contributed by atoms with Crippen molar-refractivity contribution in [3.8, 4) is 0 Å². The van der Waals surface area contributed by atoms with E-state index < -0.39 is 5.97 Å². The van der Waals surface area contributed by atoms with Gasteiger partial charge in [-0.3, -0.25) is 4.79 Å². The van der Waals surface area contributed by atoms with Crippen LogP contribution in [0.15, 0.2) is 59.1 Å². The number of amides is 1. The van der Waals surface area contributed by atoms with Crippen molar-refractivity contribution in [3.63, 3.8) is 0 Å². The Morgan fingerprint density at radius 3 is 2.54 bits per heavy atom. The van der Waals surface area contributed by atoms with Gasteiger partial charge in [-0.05, 0) is 24.6 Å². The fourth-order valence-electron chi connectivity index (χ4n) is 2.35. The second kappa shape index (κ2) is 8.06. The van der Waals surface area contributed by atoms with E-state index in [0.29, 0.717) is 11.5 Å². The number of ether oxygens (including phenoxy) is 1. The van der Waals surface area contributed by atoms with Crippen molar-refractivity contribution in [2.45, 2.75) is 20.0 Å². The number of carbonyl (C=O) groups excluding carboxylic acids is 2. The molecule has 1 amide bonds. The number of carbonyl (C=O) groups is 2. The highest BCUT2D eigenvalue weighted by molar-refractivity contribution is 6.01. The van der Waals surface area contributed by atoms with Gasteiger partial charge in [0.15, 0.2) is 12.4 Å². The Balaban J connectivity index is 1.65. The number of rotatable bonds is 6. The van der Waals surface area contributed by atoms with Crippen LogP contribution in [-0.4, -0.2) is 22.0 Å². The van der Waals surface area contributed by atoms with Crippen LogP contribution in [0.3, 0.4) is 0 Å². The number of benzene rings is 2. The summed E-state index contributed by atoms with van der Waals surface area (Å²) < 4.78 is 10.1. The van der Waals surface area contributed by atoms with Gasteiger partial charge in [0.1, 0.15) is 0 Å². The maximum atomic E-state index is 12.3. The molecule has 0 aliphatic heterocycles. The minimum absolute atomic E-state index is 0.133. The molecule has 0 atom stereocenters. The molecule has 0 fully saturated rings. The zero-order valence-corrected chi connectivity index (χ0v) is 14.1. The summed E-state index contributed by atoms with van der Waals surface area (Å²) in [6.45, 7) is 1.54. The molecule has 26 heavy (non-hydrogen) atoms. The molecule has 0 saturated carbocycles. The van der Waals surface area contributed by atoms with E-state index in [1.54, 1.807) is 31.2 Å². The van der Waals surface area contributed by atoms with Crippen molar-refractivity contribution in [2.75, 3.05) is 5.32 Å². The summed E-state index contributed by atoms with van der Waals surface area (Å²) in [4.78, 5) is 28.5. The van der Waals surface area contributed by atoms with Crippen molar-refractivity contribution < 1.29 is 18.8 Å². The minimum atomic E-state index is -0.587. The van der Waals surface area contributed by atoms with Gasteiger partial charge in [0.2, 0.25) is 5.91 Å². The summed E-state index contributed by atoms with van der Waals surface area (Å²) >= 11 is 0. The van der Waals surface area contributed by atoms with Crippen LogP contribution in [0.1, 0.15) is 27.6 Å². The lowest BCUT2D eigenvalue weighted by Gasteiger charge is -2.10. The number of esters is 1. The molecule has 1 heterocycles. The van der Waals surface area contributed by atoms with Crippen LogP contribution in [0.4, 0.5) is 5.69 Å². The highest BCUT2D eigenvalue weighted by atomic mass is 16.6. The number of nitrogens with one attached hydrogen (secondary N) is 1. The van der Waals surface area contributed by atoms with Gasteiger partial charge in [-0.2, -0.15) is 4.98 Å². The molecule has 3 rings (SSSR count). The summed E-state index contributed by atoms with van der Waals surface area (Å²) in [5, 5.41) is 6.38. The molecule has 0 radical (unpaired) electrons. The zero-order valence-electron chi connectivity index (χ0n) is 14.1. The maximum absolute atomic E-state index is 12.3. The Hall–Kier alpha value is -3.48. The molecule has 0 unspecified atom stereocenters. The fourth-order valence-corrected chi connectivity index (χ4v) is 2.35. The number of aryl methyl sites for hydroxylation is 1. The molecule has 0 bridgehead atoms. The third-order valence-corrected chi connectivity index (χ3v) is 3.52. The SMILES string of the molecule is Cc1noc(COC(=O)c2ccccc2NC(=O)Cc2ccccc2)n1. The number of anilines is 1. The first kappa shape index (κ1) is 17.3. The molecule has 0 saturated heterocycles. The minimum Gasteiger partial charge on any atom is -0.452 e. The summed E-state index contributed by atoms with van der Waals surface area (Å²) in [5.41, 5.74) is 1.53. The van der Waals surface area contributed by atoms with Crippen LogP contribution in [0.5, 0.6) is 0 Å². The van der Waals surface area contributed by atoms with Crippen molar-refractivity contribution >= 4 is 17.6 Å². The number of hydrogen-bond donors (Lipinski definition) is 1. The van der Waals surface area contributed by atoms with Crippen LogP contribution in [0.25, 0.3) is 0 Å². The fraction of sp³-hybridized carbons (Fsp3) is 0.158. The lowest BCUT2D eigenvalue weighted by atomic mass is 10.1. The normalized spacial score (nSPS) is 10.3. The summed E-state index contributed by atoms with van der Waals surface area (Å²) in [6, 6.07) is 16.0. The van der Waals surface area contributed by atoms with E-state index in [2.05, 4.69) is 15.5 Å². The van der Waals surface area contributed by atoms with E-state index in [0.717, 1.165) is 5.56 Å². The van der Waals surface area contributed by atoms with E-state index in [9.17, 15) is 9.59 Å². The third-order valence-electron chi connectivity index (χ3n) is 3.52. The monoisotopic (exact) mass is 351 g/mol. The molecule has 1 N–H and O–H groups in total. The van der Waals surface area contributed by atoms with E-state index in [4.69, 9.17) is 9.26 Å². The Bertz CT molecular complexity index is 906. The van der Waals surface area contributed by atoms with E-state index >= 15 is 0 Å². The van der Waals surface area contributed by atoms with E-state index in [-0.39, 0.29) is 30.4 Å². The van der Waals surface area contributed by atoms with Gasteiger partial charge in [-0.1, -0.05) is 47.6 Å². The van der Waals surface area contributed by atoms with Gasteiger partial charge in [-0.15, -0.1) is 0 Å². The predicted molar refractivity (Wildman–Crippen MR) is 93.4 cm³/mol. The lowest BCUT2D eigenvalue weighted by Crippen LogP contribution is -2.17. The van der Waals surface area contributed by atoms with Crippen LogP contribution in [-0.2, 0) is 22.6 Å². The summed E-state index contributed by atoms with van der Waals surface area (Å²) in [7, 11) is 0. The highest BCUT2D eigenvalue weighted by Crippen LogP contribution is 2.17. The predicted octanol–water partition coefficient (Wildman–Crippen LogP) is 2.92. The van der Waals surface area contributed by atoms with Gasteiger partial charge >= 0.3 is 5.97 Å². The first-order chi connectivity index (χ1) is 12.6. The quantitative estimate of drug-likeness (QED) is 0.686. The molecule has 0 aliphatic rings. The largest absolute Gasteiger partial charge is 0.452 e. The molecule has 7 heteroatoms. The second-order valence-corrected chi connectivity index (χ2v) is 5.57. The Morgan fingerprint density at radius 2 is 1.81 bits per heavy atom. The smallest absolute Gasteiger partial charge is 0.340 e. The van der Waals surface area contributed by atoms with Gasteiger partial charge < -0.3 is 14.6 Å². The summed E-state index contributed by atoms with van der Waals surface area (Å²) in [5.74, 6) is -0.133. The Kier molecular flexibility index (Phi) is 5.38. The molecule has 7 nitrogen and oxygen atoms in total. The lowest BCUT2D eigenvalue weighted by molar-refractivity contribution is -0.115. The standard InChI is InChI=1S/C19H17N3O4/c1-13-20-18(26-22-13)12-25-19(24)15-9-5-6-10-16(15)21-17(23)11-14-7-3-2-4-8-14/h2-10H,11-12H2,1H3,(H,21,23). The Labute approximate surface area is 150 Å². The van der Waals surface area contributed by atoms with Crippen molar-refractivity contribution in [1.29, 1.82) is 0 Å². The first-order valence-corrected chi connectivity index (χ1v) is 8.01. The van der Waals surface area contributed by atoms with Crippen molar-refractivity contribution in [2.24, 2.45) is 0 Å². The van der Waals surface area contributed by atoms with Crippen molar-refractivity contribution in [3.05, 3.63) is 77.4 Å². The average molecular weight is 351 g/mol. The van der Waals surface area contributed by atoms with Gasteiger partial charge in [0.25, 0.3) is 5.89 Å². The molecule has 2 aromatic carbocycles. The molecule has 1 aromatic heterocycles. The van der Waals surface area contributed by atoms with Gasteiger partial charge in [-0.25, -0.2) is 4.79 Å². The number of nitrogens with zero attached hydrogens (tertiary/aromatic N) is 2. The second-order valence-electron chi connectivity index (χ2n) is 5.57. The van der Waals surface area contributed by atoms with Crippen molar-refractivity contribution in [1.82, 2.24) is 10.1 Å². The highest BCUT2D eigenvalue weighted by Gasteiger charge is 2.16. The van der Waals surface area contributed by atoms with Gasteiger partial charge in [0.05, 0.1) is 17.7 Å². The average Bonchev–Trinajstić information content (AvgIpc) is 3.06. The number of aromatic nitrogens is 2. The molecule has 132 valence electrons. The molecule has 0 aliphatic carbocycles. The van der Waals surface area contributed by atoms with Gasteiger partial charge in [0, 0.05) is 0 Å². The van der Waals surface area contributed by atoms with E-state index in [1.165, 1.54) is 0 Å². The number of hydrogen-bond acceptors (Lipinski definition) is 6. The number of para-hydroxylation sites is 1. The summed E-state index contributed by atoms with van der Waals surface area (Å²) in [6.07, 6.45) is 0.214.